The predicted octanol–water partition coefficient (Wildman–Crippen LogP) is 4.65. The molecule has 0 amide bonds. The summed E-state index contributed by atoms with van der Waals surface area (Å²) in [5, 5.41) is 0. The highest BCUT2D eigenvalue weighted by Crippen LogP contribution is 2.35. The number of nitrogens with zero attached hydrogens (tertiary/aromatic N) is 4. The maximum Gasteiger partial charge on any atom is 0.0915 e. The molecular formula is C22H20N4. The van der Waals surface area contributed by atoms with Gasteiger partial charge in [-0.2, -0.15) is 0 Å². The highest BCUT2D eigenvalue weighted by molar-refractivity contribution is 6.11. The zero-order valence-electron chi connectivity index (χ0n) is 14.5. The van der Waals surface area contributed by atoms with Gasteiger partial charge >= 0.3 is 0 Å². The molecule has 1 aliphatic carbocycles. The van der Waals surface area contributed by atoms with E-state index in [0.29, 0.717) is 0 Å². The fourth-order valence-electron chi connectivity index (χ4n) is 3.36. The summed E-state index contributed by atoms with van der Waals surface area (Å²) < 4.78 is 0. The molecule has 1 fully saturated rings. The van der Waals surface area contributed by atoms with Gasteiger partial charge in [-0.15, -0.1) is 0 Å². The second-order valence-corrected chi connectivity index (χ2v) is 6.97. The van der Waals surface area contributed by atoms with Gasteiger partial charge in [-0.3, -0.25) is 9.98 Å². The molecule has 1 aliphatic heterocycles. The third kappa shape index (κ3) is 2.99. The van der Waals surface area contributed by atoms with Crippen molar-refractivity contribution in [2.75, 3.05) is 18.0 Å². The molecule has 1 saturated carbocycles. The van der Waals surface area contributed by atoms with E-state index in [4.69, 9.17) is 4.98 Å². The van der Waals surface area contributed by atoms with E-state index in [9.17, 15) is 0 Å². The molecule has 3 aromatic rings. The van der Waals surface area contributed by atoms with Crippen LogP contribution < -0.4 is 4.90 Å². The quantitative estimate of drug-likeness (QED) is 0.679. The Morgan fingerprint density at radius 1 is 0.962 bits per heavy atom. The maximum atomic E-state index is 4.84. The average Bonchev–Trinajstić information content (AvgIpc) is 3.35. The number of aromatic nitrogens is 2. The zero-order chi connectivity index (χ0) is 17.3. The summed E-state index contributed by atoms with van der Waals surface area (Å²) in [6.45, 7) is 1.79. The number of para-hydroxylation sites is 1. The predicted molar refractivity (Wildman–Crippen MR) is 107 cm³/mol. The second kappa shape index (κ2) is 6.37. The van der Waals surface area contributed by atoms with Crippen LogP contribution in [-0.2, 0) is 0 Å². The van der Waals surface area contributed by atoms with Crippen molar-refractivity contribution in [3.05, 3.63) is 66.5 Å². The molecule has 4 nitrogen and oxygen atoms in total. The summed E-state index contributed by atoms with van der Waals surface area (Å²) in [5.41, 5.74) is 6.21. The topological polar surface area (TPSA) is 41.4 Å². The lowest BCUT2D eigenvalue weighted by atomic mass is 10.1. The van der Waals surface area contributed by atoms with Gasteiger partial charge in [0.25, 0.3) is 0 Å². The minimum atomic E-state index is 0.734. The molecule has 1 aromatic heterocycles. The van der Waals surface area contributed by atoms with E-state index in [0.717, 1.165) is 41.3 Å². The molecule has 2 heterocycles. The minimum Gasteiger partial charge on any atom is -0.341 e. The van der Waals surface area contributed by atoms with E-state index >= 15 is 0 Å². The van der Waals surface area contributed by atoms with Crippen LogP contribution in [0.1, 0.15) is 18.5 Å². The third-order valence-electron chi connectivity index (χ3n) is 4.99. The molecule has 0 unspecified atom stereocenters. The summed E-state index contributed by atoms with van der Waals surface area (Å²) >= 11 is 0. The lowest BCUT2D eigenvalue weighted by Gasteiger charge is -2.25. The van der Waals surface area contributed by atoms with Crippen LogP contribution in [0.5, 0.6) is 0 Å². The van der Waals surface area contributed by atoms with Crippen molar-refractivity contribution < 1.29 is 0 Å². The van der Waals surface area contributed by atoms with Crippen molar-refractivity contribution in [2.45, 2.75) is 12.8 Å². The lowest BCUT2D eigenvalue weighted by molar-refractivity contribution is 0.814. The molecule has 2 aliphatic rings. The smallest absolute Gasteiger partial charge is 0.0915 e. The van der Waals surface area contributed by atoms with E-state index in [1.54, 1.807) is 0 Å². The first kappa shape index (κ1) is 15.3. The Balaban J connectivity index is 1.56. The highest BCUT2D eigenvalue weighted by atomic mass is 15.1. The molecule has 0 bridgehead atoms. The SMILES string of the molecule is C1=NCC=C1c1cnc2ccc(N(CC3CC3)c3ccccc3)cc2n1. The Bertz CT molecular complexity index is 1000. The average molecular weight is 340 g/mol. The first-order chi connectivity index (χ1) is 12.9. The number of benzene rings is 2. The number of rotatable bonds is 5. The number of allylic oxidation sites excluding steroid dienone is 1. The molecule has 0 radical (unpaired) electrons. The molecule has 0 saturated heterocycles. The summed E-state index contributed by atoms with van der Waals surface area (Å²) in [6, 6.07) is 17.0. The maximum absolute atomic E-state index is 4.84. The van der Waals surface area contributed by atoms with Gasteiger partial charge in [0.05, 0.1) is 29.5 Å². The summed E-state index contributed by atoms with van der Waals surface area (Å²) in [5.74, 6) is 0.795. The molecule has 128 valence electrons. The Kier molecular flexibility index (Phi) is 3.74. The van der Waals surface area contributed by atoms with Gasteiger partial charge in [0.1, 0.15) is 0 Å². The second-order valence-electron chi connectivity index (χ2n) is 6.97. The van der Waals surface area contributed by atoms with E-state index in [2.05, 4.69) is 69.5 Å². The fraction of sp³-hybridized carbons (Fsp3) is 0.227. The van der Waals surface area contributed by atoms with Crippen molar-refractivity contribution >= 4 is 34.2 Å². The number of fused-ring (bicyclic) bond motifs is 1. The summed E-state index contributed by atoms with van der Waals surface area (Å²) in [7, 11) is 0. The van der Waals surface area contributed by atoms with Crippen molar-refractivity contribution in [2.24, 2.45) is 10.9 Å². The lowest BCUT2D eigenvalue weighted by Crippen LogP contribution is -2.19. The first-order valence-electron chi connectivity index (χ1n) is 9.16. The summed E-state index contributed by atoms with van der Waals surface area (Å²) in [4.78, 5) is 16.1. The first-order valence-corrected chi connectivity index (χ1v) is 9.16. The molecule has 26 heavy (non-hydrogen) atoms. The van der Waals surface area contributed by atoms with E-state index in [1.165, 1.54) is 24.2 Å². The van der Waals surface area contributed by atoms with Crippen molar-refractivity contribution in [3.63, 3.8) is 0 Å². The van der Waals surface area contributed by atoms with Gasteiger partial charge < -0.3 is 4.90 Å². The van der Waals surface area contributed by atoms with Crippen LogP contribution in [0.15, 0.2) is 65.8 Å². The molecule has 0 spiro atoms. The molecule has 4 heteroatoms. The Morgan fingerprint density at radius 2 is 1.85 bits per heavy atom. The van der Waals surface area contributed by atoms with E-state index in [1.807, 2.05) is 12.4 Å². The number of anilines is 2. The van der Waals surface area contributed by atoms with Crippen LogP contribution in [0.3, 0.4) is 0 Å². The van der Waals surface area contributed by atoms with Gasteiger partial charge in [-0.25, -0.2) is 4.98 Å². The molecule has 0 atom stereocenters. The molecular weight excluding hydrogens is 320 g/mol. The third-order valence-corrected chi connectivity index (χ3v) is 4.99. The Morgan fingerprint density at radius 3 is 2.62 bits per heavy atom. The van der Waals surface area contributed by atoms with Gasteiger partial charge in [0.15, 0.2) is 0 Å². The standard InChI is InChI=1S/C22H20N4/c1-2-4-18(5-3-1)26(15-16-6-7-16)19-8-9-20-21(12-19)25-22(14-24-20)17-10-11-23-13-17/h1-5,8-10,12-14,16H,6-7,11,15H2. The number of hydrogen-bond acceptors (Lipinski definition) is 4. The van der Waals surface area contributed by atoms with Crippen LogP contribution in [0.25, 0.3) is 16.6 Å². The van der Waals surface area contributed by atoms with Crippen LogP contribution in [0.2, 0.25) is 0 Å². The molecule has 5 rings (SSSR count). The number of aliphatic imine (C=N–C) groups is 1. The van der Waals surface area contributed by atoms with Gasteiger partial charge in [0, 0.05) is 29.7 Å². The Hall–Kier alpha value is -3.01. The van der Waals surface area contributed by atoms with Crippen molar-refractivity contribution in [1.82, 2.24) is 9.97 Å². The van der Waals surface area contributed by atoms with Crippen molar-refractivity contribution in [3.8, 4) is 0 Å². The van der Waals surface area contributed by atoms with E-state index < -0.39 is 0 Å². The van der Waals surface area contributed by atoms with Gasteiger partial charge in [-0.1, -0.05) is 24.3 Å². The highest BCUT2D eigenvalue weighted by Gasteiger charge is 2.25. The largest absolute Gasteiger partial charge is 0.341 e. The number of hydrogen-bond donors (Lipinski definition) is 0. The summed E-state index contributed by atoms with van der Waals surface area (Å²) in [6.07, 6.45) is 8.46. The van der Waals surface area contributed by atoms with Gasteiger partial charge in [0.2, 0.25) is 0 Å². The van der Waals surface area contributed by atoms with Crippen LogP contribution in [0, 0.1) is 5.92 Å². The molecule has 2 aromatic carbocycles. The monoisotopic (exact) mass is 340 g/mol. The zero-order valence-corrected chi connectivity index (χ0v) is 14.5. The minimum absolute atomic E-state index is 0.734. The van der Waals surface area contributed by atoms with E-state index in [-0.39, 0.29) is 0 Å². The van der Waals surface area contributed by atoms with Crippen LogP contribution in [-0.4, -0.2) is 29.3 Å². The fourth-order valence-corrected chi connectivity index (χ4v) is 3.36. The normalized spacial score (nSPS) is 16.1. The van der Waals surface area contributed by atoms with Crippen LogP contribution >= 0.6 is 0 Å². The molecule has 0 N–H and O–H groups in total. The van der Waals surface area contributed by atoms with Crippen LogP contribution in [0.4, 0.5) is 11.4 Å². The van der Waals surface area contributed by atoms with Crippen molar-refractivity contribution in [1.29, 1.82) is 0 Å². The Labute approximate surface area is 152 Å². The van der Waals surface area contributed by atoms with Gasteiger partial charge in [-0.05, 0) is 49.1 Å².